The molecule has 1 aromatic heterocycles. The van der Waals surface area contributed by atoms with Crippen LogP contribution in [-0.2, 0) is 13.1 Å². The van der Waals surface area contributed by atoms with E-state index >= 15 is 0 Å². The van der Waals surface area contributed by atoms with Gasteiger partial charge in [0.05, 0.1) is 19.9 Å². The molecule has 29 heavy (non-hydrogen) atoms. The number of ether oxygens (including phenoxy) is 1. The summed E-state index contributed by atoms with van der Waals surface area (Å²) < 4.78 is 7.15. The van der Waals surface area contributed by atoms with Crippen molar-refractivity contribution in [3.05, 3.63) is 40.7 Å². The van der Waals surface area contributed by atoms with Crippen molar-refractivity contribution in [2.45, 2.75) is 26.9 Å². The van der Waals surface area contributed by atoms with Gasteiger partial charge in [0.2, 0.25) is 0 Å². The van der Waals surface area contributed by atoms with Crippen LogP contribution in [0.3, 0.4) is 0 Å². The Morgan fingerprint density at radius 1 is 1.17 bits per heavy atom. The van der Waals surface area contributed by atoms with E-state index < -0.39 is 0 Å². The van der Waals surface area contributed by atoms with Gasteiger partial charge in [-0.25, -0.2) is 0 Å². The average molecular weight is 401 g/mol. The van der Waals surface area contributed by atoms with E-state index in [-0.39, 0.29) is 5.91 Å². The van der Waals surface area contributed by atoms with E-state index in [1.165, 1.54) is 16.7 Å². The SMILES string of the molecule is COc1ccc(CN(C)CCn2cc(C(=O)N3CCN(C)CC3)nn2)c(C)c1C. The third-order valence-electron chi connectivity index (χ3n) is 5.77. The Morgan fingerprint density at radius 3 is 2.59 bits per heavy atom. The molecule has 0 spiro atoms. The fourth-order valence-corrected chi connectivity index (χ4v) is 3.56. The number of hydrogen-bond donors (Lipinski definition) is 0. The molecule has 0 atom stereocenters. The molecular weight excluding hydrogens is 368 g/mol. The lowest BCUT2D eigenvalue weighted by Gasteiger charge is -2.31. The summed E-state index contributed by atoms with van der Waals surface area (Å²) in [7, 11) is 5.87. The van der Waals surface area contributed by atoms with Gasteiger partial charge in [0, 0.05) is 39.3 Å². The van der Waals surface area contributed by atoms with Gasteiger partial charge in [-0.05, 0) is 50.7 Å². The molecule has 1 aromatic carbocycles. The van der Waals surface area contributed by atoms with Crippen LogP contribution in [0.15, 0.2) is 18.3 Å². The zero-order valence-corrected chi connectivity index (χ0v) is 18.2. The van der Waals surface area contributed by atoms with Gasteiger partial charge >= 0.3 is 0 Å². The van der Waals surface area contributed by atoms with Crippen molar-refractivity contribution >= 4 is 5.91 Å². The molecule has 1 amide bonds. The van der Waals surface area contributed by atoms with E-state index in [2.05, 4.69) is 54.1 Å². The molecule has 0 aliphatic carbocycles. The number of rotatable bonds is 7. The summed E-state index contributed by atoms with van der Waals surface area (Å²) in [6.45, 7) is 9.85. The van der Waals surface area contributed by atoms with Crippen molar-refractivity contribution in [1.82, 2.24) is 29.7 Å². The maximum atomic E-state index is 12.6. The van der Waals surface area contributed by atoms with E-state index in [9.17, 15) is 4.79 Å². The number of hydrogen-bond acceptors (Lipinski definition) is 6. The van der Waals surface area contributed by atoms with Gasteiger partial charge < -0.3 is 19.4 Å². The molecule has 0 N–H and O–H groups in total. The largest absolute Gasteiger partial charge is 0.496 e. The summed E-state index contributed by atoms with van der Waals surface area (Å²) >= 11 is 0. The number of carbonyl (C=O) groups excluding carboxylic acids is 1. The highest BCUT2D eigenvalue weighted by Gasteiger charge is 2.22. The second-order valence-corrected chi connectivity index (χ2v) is 7.88. The molecule has 1 aliphatic heterocycles. The molecule has 2 heterocycles. The molecule has 0 bridgehead atoms. The van der Waals surface area contributed by atoms with Crippen molar-refractivity contribution in [2.75, 3.05) is 53.9 Å². The summed E-state index contributed by atoms with van der Waals surface area (Å²) in [6, 6.07) is 4.15. The normalized spacial score (nSPS) is 15.2. The standard InChI is InChI=1S/C21H32N6O2/c1-16-17(2)20(29-5)7-6-18(16)14-25(4)10-13-27-15-19(22-23-27)21(28)26-11-8-24(3)9-12-26/h6-7,15H,8-14H2,1-5H3. The van der Waals surface area contributed by atoms with Crippen LogP contribution in [0.4, 0.5) is 0 Å². The highest BCUT2D eigenvalue weighted by molar-refractivity contribution is 5.92. The number of likely N-dealkylation sites (N-methyl/N-ethyl adjacent to an activating group) is 2. The molecule has 0 unspecified atom stereocenters. The molecule has 1 aliphatic rings. The number of nitrogens with zero attached hydrogens (tertiary/aromatic N) is 6. The molecule has 2 aromatic rings. The number of carbonyl (C=O) groups is 1. The predicted molar refractivity (Wildman–Crippen MR) is 112 cm³/mol. The van der Waals surface area contributed by atoms with Crippen LogP contribution in [0.2, 0.25) is 0 Å². The van der Waals surface area contributed by atoms with Crippen LogP contribution in [0, 0.1) is 13.8 Å². The Kier molecular flexibility index (Phi) is 6.87. The number of methoxy groups -OCH3 is 1. The Labute approximate surface area is 173 Å². The minimum absolute atomic E-state index is 0.0259. The number of aromatic nitrogens is 3. The lowest BCUT2D eigenvalue weighted by atomic mass is 10.0. The van der Waals surface area contributed by atoms with Crippen molar-refractivity contribution in [1.29, 1.82) is 0 Å². The maximum Gasteiger partial charge on any atom is 0.276 e. The Balaban J connectivity index is 1.53. The first-order valence-corrected chi connectivity index (χ1v) is 10.1. The minimum atomic E-state index is -0.0259. The van der Waals surface area contributed by atoms with Crippen LogP contribution >= 0.6 is 0 Å². The highest BCUT2D eigenvalue weighted by Crippen LogP contribution is 2.24. The first-order valence-electron chi connectivity index (χ1n) is 10.1. The van der Waals surface area contributed by atoms with E-state index in [1.54, 1.807) is 18.0 Å². The predicted octanol–water partition coefficient (Wildman–Crippen LogP) is 1.42. The van der Waals surface area contributed by atoms with E-state index in [1.807, 2.05) is 11.0 Å². The van der Waals surface area contributed by atoms with Gasteiger partial charge in [-0.2, -0.15) is 0 Å². The summed E-state index contributed by atoms with van der Waals surface area (Å²) in [6.07, 6.45) is 1.76. The van der Waals surface area contributed by atoms with Crippen molar-refractivity contribution in [3.63, 3.8) is 0 Å². The quantitative estimate of drug-likeness (QED) is 0.700. The maximum absolute atomic E-state index is 12.6. The first kappa shape index (κ1) is 21.3. The Bertz CT molecular complexity index is 842. The smallest absolute Gasteiger partial charge is 0.276 e. The zero-order chi connectivity index (χ0) is 21.0. The Morgan fingerprint density at radius 2 is 1.90 bits per heavy atom. The number of benzene rings is 1. The third kappa shape index (κ3) is 5.13. The summed E-state index contributed by atoms with van der Waals surface area (Å²) in [5.74, 6) is 0.899. The van der Waals surface area contributed by atoms with Crippen LogP contribution < -0.4 is 4.74 Å². The van der Waals surface area contributed by atoms with Gasteiger partial charge in [-0.3, -0.25) is 9.48 Å². The molecule has 0 radical (unpaired) electrons. The second kappa shape index (κ2) is 9.37. The molecule has 0 saturated carbocycles. The highest BCUT2D eigenvalue weighted by atomic mass is 16.5. The lowest BCUT2D eigenvalue weighted by Crippen LogP contribution is -2.47. The molecule has 1 fully saturated rings. The Hall–Kier alpha value is -2.45. The van der Waals surface area contributed by atoms with Gasteiger partial charge in [0.25, 0.3) is 5.91 Å². The molecule has 158 valence electrons. The monoisotopic (exact) mass is 400 g/mol. The summed E-state index contributed by atoms with van der Waals surface area (Å²) in [5, 5.41) is 8.24. The van der Waals surface area contributed by atoms with E-state index in [0.717, 1.165) is 45.0 Å². The molecule has 1 saturated heterocycles. The zero-order valence-electron chi connectivity index (χ0n) is 18.2. The molecule has 8 heteroatoms. The fraction of sp³-hybridized carbons (Fsp3) is 0.571. The van der Waals surface area contributed by atoms with Gasteiger partial charge in [0.1, 0.15) is 5.75 Å². The summed E-state index contributed by atoms with van der Waals surface area (Å²) in [5.41, 5.74) is 4.16. The van der Waals surface area contributed by atoms with E-state index in [4.69, 9.17) is 4.74 Å². The third-order valence-corrected chi connectivity index (χ3v) is 5.77. The van der Waals surface area contributed by atoms with E-state index in [0.29, 0.717) is 12.2 Å². The van der Waals surface area contributed by atoms with Crippen LogP contribution in [-0.4, -0.2) is 89.5 Å². The minimum Gasteiger partial charge on any atom is -0.496 e. The average Bonchev–Trinajstić information content (AvgIpc) is 3.19. The molecule has 3 rings (SSSR count). The lowest BCUT2D eigenvalue weighted by molar-refractivity contribution is 0.0658. The van der Waals surface area contributed by atoms with Crippen molar-refractivity contribution < 1.29 is 9.53 Å². The topological polar surface area (TPSA) is 66.7 Å². The summed E-state index contributed by atoms with van der Waals surface area (Å²) in [4.78, 5) is 18.9. The second-order valence-electron chi connectivity index (χ2n) is 7.88. The molecule has 8 nitrogen and oxygen atoms in total. The van der Waals surface area contributed by atoms with Crippen LogP contribution in [0.25, 0.3) is 0 Å². The molecular formula is C21H32N6O2. The fourth-order valence-electron chi connectivity index (χ4n) is 3.56. The van der Waals surface area contributed by atoms with Crippen molar-refractivity contribution in [2.24, 2.45) is 0 Å². The van der Waals surface area contributed by atoms with Gasteiger partial charge in [-0.15, -0.1) is 5.10 Å². The van der Waals surface area contributed by atoms with Gasteiger partial charge in [-0.1, -0.05) is 11.3 Å². The van der Waals surface area contributed by atoms with Crippen LogP contribution in [0.5, 0.6) is 5.75 Å². The first-order chi connectivity index (χ1) is 13.9. The van der Waals surface area contributed by atoms with Crippen molar-refractivity contribution in [3.8, 4) is 5.75 Å². The van der Waals surface area contributed by atoms with Gasteiger partial charge in [0.15, 0.2) is 5.69 Å². The van der Waals surface area contributed by atoms with Crippen LogP contribution in [0.1, 0.15) is 27.2 Å². The number of piperazine rings is 1. The number of amides is 1.